The molecule has 0 saturated heterocycles. The minimum absolute atomic E-state index is 0.0434. The summed E-state index contributed by atoms with van der Waals surface area (Å²) in [7, 11) is 0. The Kier molecular flexibility index (Phi) is 6.07. The van der Waals surface area contributed by atoms with E-state index in [2.05, 4.69) is 5.32 Å². The van der Waals surface area contributed by atoms with Crippen LogP contribution in [-0.4, -0.2) is 10.5 Å². The Morgan fingerprint density at radius 2 is 1.88 bits per heavy atom. The monoisotopic (exact) mass is 443 g/mol. The van der Waals surface area contributed by atoms with E-state index in [-0.39, 0.29) is 11.4 Å². The van der Waals surface area contributed by atoms with Crippen LogP contribution in [0.4, 0.5) is 10.1 Å². The summed E-state index contributed by atoms with van der Waals surface area (Å²) in [4.78, 5) is 12.8. The van der Waals surface area contributed by atoms with E-state index in [0.717, 1.165) is 16.5 Å². The Bertz CT molecular complexity index is 1400. The van der Waals surface area contributed by atoms with Crippen LogP contribution in [0.25, 0.3) is 17.0 Å². The van der Waals surface area contributed by atoms with Crippen LogP contribution in [0.3, 0.4) is 0 Å². The van der Waals surface area contributed by atoms with Crippen molar-refractivity contribution in [3.05, 3.63) is 106 Å². The number of para-hydroxylation sites is 1. The first-order chi connectivity index (χ1) is 15.5. The number of amides is 1. The molecule has 0 aliphatic rings. The molecule has 4 rings (SSSR count). The molecule has 0 aliphatic carbocycles. The Balaban J connectivity index is 1.70. The molecule has 0 unspecified atom stereocenters. The number of hydrogen-bond acceptors (Lipinski definition) is 2. The Morgan fingerprint density at radius 1 is 1.12 bits per heavy atom. The van der Waals surface area contributed by atoms with Crippen LogP contribution in [0.1, 0.15) is 16.7 Å². The molecule has 0 bridgehead atoms. The summed E-state index contributed by atoms with van der Waals surface area (Å²) in [5.74, 6) is -0.805. The average Bonchev–Trinajstić information content (AvgIpc) is 3.14. The zero-order valence-corrected chi connectivity index (χ0v) is 18.0. The van der Waals surface area contributed by atoms with Gasteiger partial charge in [-0.15, -0.1) is 0 Å². The maximum Gasteiger partial charge on any atom is 0.266 e. The maximum atomic E-state index is 14.2. The molecule has 4 aromatic rings. The smallest absolute Gasteiger partial charge is 0.266 e. The van der Waals surface area contributed by atoms with Crippen molar-refractivity contribution in [2.45, 2.75) is 13.5 Å². The van der Waals surface area contributed by atoms with Crippen LogP contribution in [0, 0.1) is 24.1 Å². The number of nitrogens with one attached hydrogen (secondary N) is 1. The van der Waals surface area contributed by atoms with Gasteiger partial charge in [0.05, 0.1) is 6.54 Å². The number of halogens is 2. The zero-order valence-electron chi connectivity index (χ0n) is 17.3. The third kappa shape index (κ3) is 4.27. The van der Waals surface area contributed by atoms with E-state index in [0.29, 0.717) is 28.4 Å². The average molecular weight is 444 g/mol. The topological polar surface area (TPSA) is 57.8 Å². The molecule has 6 heteroatoms. The largest absolute Gasteiger partial charge is 0.342 e. The summed E-state index contributed by atoms with van der Waals surface area (Å²) in [6, 6.07) is 21.4. The van der Waals surface area contributed by atoms with Gasteiger partial charge < -0.3 is 9.88 Å². The van der Waals surface area contributed by atoms with E-state index in [1.54, 1.807) is 49.4 Å². The van der Waals surface area contributed by atoms with Crippen molar-refractivity contribution in [3.8, 4) is 6.07 Å². The van der Waals surface area contributed by atoms with Crippen molar-refractivity contribution in [3.63, 3.8) is 0 Å². The Morgan fingerprint density at radius 3 is 2.66 bits per heavy atom. The van der Waals surface area contributed by atoms with E-state index < -0.39 is 5.91 Å². The van der Waals surface area contributed by atoms with E-state index in [4.69, 9.17) is 11.6 Å². The van der Waals surface area contributed by atoms with Gasteiger partial charge in [-0.3, -0.25) is 4.79 Å². The number of nitrogens with zero attached hydrogens (tertiary/aromatic N) is 2. The van der Waals surface area contributed by atoms with E-state index in [1.807, 2.05) is 41.1 Å². The summed E-state index contributed by atoms with van der Waals surface area (Å²) in [6.07, 6.45) is 3.38. The van der Waals surface area contributed by atoms with E-state index in [9.17, 15) is 14.4 Å². The first-order valence-corrected chi connectivity index (χ1v) is 10.3. The van der Waals surface area contributed by atoms with Crippen molar-refractivity contribution in [2.24, 2.45) is 0 Å². The van der Waals surface area contributed by atoms with Crippen molar-refractivity contribution in [1.82, 2.24) is 4.57 Å². The fourth-order valence-electron chi connectivity index (χ4n) is 3.57. The minimum atomic E-state index is -0.524. The van der Waals surface area contributed by atoms with Gasteiger partial charge in [-0.2, -0.15) is 5.26 Å². The molecule has 1 amide bonds. The fourth-order valence-corrected chi connectivity index (χ4v) is 3.74. The third-order valence-corrected chi connectivity index (χ3v) is 5.71. The molecule has 0 saturated carbocycles. The SMILES string of the molecule is Cc1c(Cl)cccc1NC(=O)/C(C#N)=C\c1cn(Cc2ccccc2F)c2ccccc12. The van der Waals surface area contributed by atoms with Crippen LogP contribution >= 0.6 is 11.6 Å². The maximum absolute atomic E-state index is 14.2. The van der Waals surface area contributed by atoms with Gasteiger partial charge in [0.2, 0.25) is 0 Å². The molecule has 158 valence electrons. The molecule has 1 aromatic heterocycles. The molecule has 32 heavy (non-hydrogen) atoms. The lowest BCUT2D eigenvalue weighted by atomic mass is 10.1. The zero-order chi connectivity index (χ0) is 22.7. The molecule has 0 aliphatic heterocycles. The van der Waals surface area contributed by atoms with Crippen LogP contribution in [-0.2, 0) is 11.3 Å². The minimum Gasteiger partial charge on any atom is -0.342 e. The second kappa shape index (κ2) is 9.09. The molecule has 1 N–H and O–H groups in total. The molecular weight excluding hydrogens is 425 g/mol. The number of carbonyl (C=O) groups is 1. The summed E-state index contributed by atoms with van der Waals surface area (Å²) in [5, 5.41) is 13.8. The summed E-state index contributed by atoms with van der Waals surface area (Å²) in [6.45, 7) is 2.13. The third-order valence-electron chi connectivity index (χ3n) is 5.30. The molecule has 0 atom stereocenters. The lowest BCUT2D eigenvalue weighted by molar-refractivity contribution is -0.112. The highest BCUT2D eigenvalue weighted by Crippen LogP contribution is 2.26. The molecule has 1 heterocycles. The van der Waals surface area contributed by atoms with E-state index in [1.165, 1.54) is 6.07 Å². The van der Waals surface area contributed by atoms with E-state index >= 15 is 0 Å². The molecule has 3 aromatic carbocycles. The fraction of sp³-hybridized carbons (Fsp3) is 0.0769. The van der Waals surface area contributed by atoms with Gasteiger partial charge in [-0.25, -0.2) is 4.39 Å². The number of hydrogen-bond donors (Lipinski definition) is 1. The lowest BCUT2D eigenvalue weighted by Crippen LogP contribution is -2.14. The summed E-state index contributed by atoms with van der Waals surface area (Å²) >= 11 is 6.13. The van der Waals surface area contributed by atoms with Crippen LogP contribution in [0.2, 0.25) is 5.02 Å². The molecule has 0 fully saturated rings. The van der Waals surface area contributed by atoms with Crippen LogP contribution in [0.5, 0.6) is 0 Å². The first kappa shape index (κ1) is 21.4. The predicted molar refractivity (Wildman–Crippen MR) is 126 cm³/mol. The van der Waals surface area contributed by atoms with Gasteiger partial charge in [0, 0.05) is 38.9 Å². The van der Waals surface area contributed by atoms with Gasteiger partial charge in [0.15, 0.2) is 0 Å². The van der Waals surface area contributed by atoms with Gasteiger partial charge >= 0.3 is 0 Å². The van der Waals surface area contributed by atoms with Crippen molar-refractivity contribution in [1.29, 1.82) is 5.26 Å². The van der Waals surface area contributed by atoms with Gasteiger partial charge in [0.1, 0.15) is 17.5 Å². The Hall–Kier alpha value is -3.88. The molecule has 4 nitrogen and oxygen atoms in total. The number of rotatable bonds is 5. The summed E-state index contributed by atoms with van der Waals surface area (Å²) in [5.41, 5.74) is 3.36. The number of anilines is 1. The number of nitriles is 1. The number of fused-ring (bicyclic) bond motifs is 1. The highest BCUT2D eigenvalue weighted by atomic mass is 35.5. The van der Waals surface area contributed by atoms with Crippen molar-refractivity contribution >= 4 is 40.2 Å². The first-order valence-electron chi connectivity index (χ1n) is 9.97. The van der Waals surface area contributed by atoms with Crippen LogP contribution in [0.15, 0.2) is 78.5 Å². The van der Waals surface area contributed by atoms with Gasteiger partial charge in [-0.05, 0) is 42.8 Å². The van der Waals surface area contributed by atoms with Crippen molar-refractivity contribution < 1.29 is 9.18 Å². The van der Waals surface area contributed by atoms with Gasteiger partial charge in [0.25, 0.3) is 5.91 Å². The number of benzene rings is 3. The standard InChI is InChI=1S/C26H19ClFN3O/c1-17-22(27)9-6-11-24(17)30-26(32)19(14-29)13-20-16-31(25-12-5-3-8-21(20)25)15-18-7-2-4-10-23(18)28/h2-13,16H,15H2,1H3,(H,30,32)/b19-13-. The second-order valence-corrected chi connectivity index (χ2v) is 7.76. The van der Waals surface area contributed by atoms with Crippen LogP contribution < -0.4 is 5.32 Å². The normalized spacial score (nSPS) is 11.4. The number of carbonyl (C=O) groups excluding carboxylic acids is 1. The number of aromatic nitrogens is 1. The quantitative estimate of drug-likeness (QED) is 0.289. The Labute approximate surface area is 190 Å². The lowest BCUT2D eigenvalue weighted by Gasteiger charge is -2.08. The second-order valence-electron chi connectivity index (χ2n) is 7.36. The predicted octanol–water partition coefficient (Wildman–Crippen LogP) is 6.34. The molecule has 0 spiro atoms. The highest BCUT2D eigenvalue weighted by Gasteiger charge is 2.15. The highest BCUT2D eigenvalue weighted by molar-refractivity contribution is 6.31. The summed E-state index contributed by atoms with van der Waals surface area (Å²) < 4.78 is 16.1. The molecular formula is C26H19ClFN3O. The van der Waals surface area contributed by atoms with Gasteiger partial charge in [-0.1, -0.05) is 54.1 Å². The molecule has 0 radical (unpaired) electrons. The van der Waals surface area contributed by atoms with Crippen molar-refractivity contribution in [2.75, 3.05) is 5.32 Å².